The fraction of sp³-hybridized carbons (Fsp3) is 0.619. The van der Waals surface area contributed by atoms with Crippen molar-refractivity contribution < 1.29 is 0 Å². The predicted octanol–water partition coefficient (Wildman–Crippen LogP) is 6.79. The molecule has 0 saturated carbocycles. The zero-order valence-electron chi connectivity index (χ0n) is 14.5. The number of hydrogen-bond acceptors (Lipinski definition) is 0. The van der Waals surface area contributed by atoms with Crippen LogP contribution in [0.1, 0.15) is 84.1 Å². The fourth-order valence-electron chi connectivity index (χ4n) is 2.20. The third kappa shape index (κ3) is 13.5. The summed E-state index contributed by atoms with van der Waals surface area (Å²) in [7, 11) is 0. The van der Waals surface area contributed by atoms with Crippen LogP contribution in [0.4, 0.5) is 0 Å². The van der Waals surface area contributed by atoms with Crippen molar-refractivity contribution in [3.8, 4) is 11.8 Å². The molecule has 0 saturated heterocycles. The molecule has 0 heteroatoms. The van der Waals surface area contributed by atoms with Gasteiger partial charge in [-0.3, -0.25) is 0 Å². The summed E-state index contributed by atoms with van der Waals surface area (Å²) in [5, 5.41) is 0. The summed E-state index contributed by atoms with van der Waals surface area (Å²) in [6, 6.07) is 10.8. The molecule has 0 heterocycles. The molecule has 0 N–H and O–H groups in total. The van der Waals surface area contributed by atoms with Crippen LogP contribution in [-0.2, 0) is 6.42 Å². The minimum atomic E-state index is 1.07. The summed E-state index contributed by atoms with van der Waals surface area (Å²) in [5.74, 6) is 6.47. The molecule has 1 aromatic carbocycles. The molecule has 0 atom stereocenters. The van der Waals surface area contributed by atoms with Gasteiger partial charge in [-0.1, -0.05) is 76.8 Å². The van der Waals surface area contributed by atoms with Crippen LogP contribution in [0.2, 0.25) is 0 Å². The maximum Gasteiger partial charge on any atom is 0.00886 e. The van der Waals surface area contributed by atoms with Gasteiger partial charge in [-0.15, -0.1) is 11.8 Å². The smallest absolute Gasteiger partial charge is 0.00886 e. The van der Waals surface area contributed by atoms with Gasteiger partial charge in [0.15, 0.2) is 0 Å². The summed E-state index contributed by atoms with van der Waals surface area (Å²) in [4.78, 5) is 0. The van der Waals surface area contributed by atoms with Gasteiger partial charge in [0.2, 0.25) is 0 Å². The quantitative estimate of drug-likeness (QED) is 0.346. The second-order valence-corrected chi connectivity index (χ2v) is 5.21. The summed E-state index contributed by atoms with van der Waals surface area (Å²) in [5.41, 5.74) is 1.48. The Balaban J connectivity index is 0.00000191. The van der Waals surface area contributed by atoms with Gasteiger partial charge in [0.1, 0.15) is 0 Å². The van der Waals surface area contributed by atoms with Crippen LogP contribution in [0.15, 0.2) is 30.3 Å². The Labute approximate surface area is 133 Å². The number of rotatable bonds is 9. The van der Waals surface area contributed by atoms with E-state index in [-0.39, 0.29) is 0 Å². The van der Waals surface area contributed by atoms with Crippen molar-refractivity contribution in [3.63, 3.8) is 0 Å². The monoisotopic (exact) mass is 286 g/mol. The fourth-order valence-corrected chi connectivity index (χ4v) is 2.20. The SMILES string of the molecule is CC.CCCC#CCCCCCCCCc1ccccc1. The highest BCUT2D eigenvalue weighted by atomic mass is 14.0. The van der Waals surface area contributed by atoms with E-state index in [4.69, 9.17) is 0 Å². The maximum absolute atomic E-state index is 3.26. The Morgan fingerprint density at radius 3 is 1.95 bits per heavy atom. The number of aryl methyl sites for hydroxylation is 1. The standard InChI is InChI=1S/C19H28.C2H6/c1-2-3-4-5-6-7-8-9-10-11-13-16-19-17-14-12-15-18-19;1-2/h12,14-15,17-18H,2-3,6-11,13,16H2,1H3;1-2H3. The third-order valence-electron chi connectivity index (χ3n) is 3.36. The lowest BCUT2D eigenvalue weighted by Gasteiger charge is -2.01. The van der Waals surface area contributed by atoms with Crippen LogP contribution in [0.5, 0.6) is 0 Å². The highest BCUT2D eigenvalue weighted by Gasteiger charge is 1.93. The Hall–Kier alpha value is -1.22. The number of benzene rings is 1. The van der Waals surface area contributed by atoms with Crippen LogP contribution in [-0.4, -0.2) is 0 Å². The Bertz CT molecular complexity index is 353. The minimum Gasteiger partial charge on any atom is -0.103 e. The highest BCUT2D eigenvalue weighted by molar-refractivity contribution is 5.14. The zero-order valence-corrected chi connectivity index (χ0v) is 14.5. The molecular formula is C21H34. The molecule has 1 rings (SSSR count). The number of hydrogen-bond donors (Lipinski definition) is 0. The van der Waals surface area contributed by atoms with Crippen molar-refractivity contribution in [2.75, 3.05) is 0 Å². The van der Waals surface area contributed by atoms with E-state index in [0.717, 1.165) is 12.8 Å². The van der Waals surface area contributed by atoms with Crippen molar-refractivity contribution >= 4 is 0 Å². The average Bonchev–Trinajstić information content (AvgIpc) is 2.55. The average molecular weight is 287 g/mol. The van der Waals surface area contributed by atoms with Crippen LogP contribution in [0, 0.1) is 11.8 Å². The molecule has 0 aromatic heterocycles. The van der Waals surface area contributed by atoms with Crippen molar-refractivity contribution in [3.05, 3.63) is 35.9 Å². The van der Waals surface area contributed by atoms with Crippen LogP contribution < -0.4 is 0 Å². The Morgan fingerprint density at radius 1 is 0.714 bits per heavy atom. The van der Waals surface area contributed by atoms with Crippen LogP contribution in [0.3, 0.4) is 0 Å². The van der Waals surface area contributed by atoms with Gasteiger partial charge in [-0.2, -0.15) is 0 Å². The van der Waals surface area contributed by atoms with E-state index in [1.54, 1.807) is 0 Å². The van der Waals surface area contributed by atoms with Gasteiger partial charge in [-0.05, 0) is 31.2 Å². The van der Waals surface area contributed by atoms with Crippen molar-refractivity contribution in [1.82, 2.24) is 0 Å². The molecule has 118 valence electrons. The van der Waals surface area contributed by atoms with E-state index in [0.29, 0.717) is 0 Å². The van der Waals surface area contributed by atoms with E-state index < -0.39 is 0 Å². The van der Waals surface area contributed by atoms with Crippen molar-refractivity contribution in [2.45, 2.75) is 85.0 Å². The molecule has 0 amide bonds. The molecule has 1 aromatic rings. The lowest BCUT2D eigenvalue weighted by molar-refractivity contribution is 0.599. The van der Waals surface area contributed by atoms with Gasteiger partial charge in [0, 0.05) is 12.8 Å². The second kappa shape index (κ2) is 16.8. The summed E-state index contributed by atoms with van der Waals surface area (Å²) in [6.07, 6.45) is 12.7. The summed E-state index contributed by atoms with van der Waals surface area (Å²) in [6.45, 7) is 6.18. The first-order chi connectivity index (χ1) is 10.4. The molecule has 0 bridgehead atoms. The first-order valence-corrected chi connectivity index (χ1v) is 8.93. The van der Waals surface area contributed by atoms with Gasteiger partial charge in [0.25, 0.3) is 0 Å². The lowest BCUT2D eigenvalue weighted by atomic mass is 10.0. The van der Waals surface area contributed by atoms with E-state index in [9.17, 15) is 0 Å². The molecule has 0 aliphatic carbocycles. The van der Waals surface area contributed by atoms with E-state index in [1.807, 2.05) is 13.8 Å². The van der Waals surface area contributed by atoms with E-state index in [1.165, 1.54) is 56.9 Å². The Morgan fingerprint density at radius 2 is 1.29 bits per heavy atom. The van der Waals surface area contributed by atoms with Gasteiger partial charge < -0.3 is 0 Å². The first kappa shape index (κ1) is 19.8. The molecule has 21 heavy (non-hydrogen) atoms. The number of unbranched alkanes of at least 4 members (excludes halogenated alkanes) is 7. The molecule has 0 nitrogen and oxygen atoms in total. The van der Waals surface area contributed by atoms with Crippen LogP contribution >= 0.6 is 0 Å². The molecule has 0 fully saturated rings. The highest BCUT2D eigenvalue weighted by Crippen LogP contribution is 2.10. The van der Waals surface area contributed by atoms with Crippen molar-refractivity contribution in [1.29, 1.82) is 0 Å². The lowest BCUT2D eigenvalue weighted by Crippen LogP contribution is -1.85. The van der Waals surface area contributed by atoms with Gasteiger partial charge in [0.05, 0.1) is 0 Å². The van der Waals surface area contributed by atoms with Crippen LogP contribution in [0.25, 0.3) is 0 Å². The summed E-state index contributed by atoms with van der Waals surface area (Å²) >= 11 is 0. The second-order valence-electron chi connectivity index (χ2n) is 5.21. The predicted molar refractivity (Wildman–Crippen MR) is 96.5 cm³/mol. The molecule has 0 radical (unpaired) electrons. The van der Waals surface area contributed by atoms with Gasteiger partial charge >= 0.3 is 0 Å². The Kier molecular flexibility index (Phi) is 15.9. The first-order valence-electron chi connectivity index (χ1n) is 8.93. The topological polar surface area (TPSA) is 0 Å². The minimum absolute atomic E-state index is 1.07. The molecule has 0 aliphatic rings. The largest absolute Gasteiger partial charge is 0.103 e. The molecular weight excluding hydrogens is 252 g/mol. The molecule has 0 spiro atoms. The van der Waals surface area contributed by atoms with Crippen molar-refractivity contribution in [2.24, 2.45) is 0 Å². The van der Waals surface area contributed by atoms with E-state index >= 15 is 0 Å². The summed E-state index contributed by atoms with van der Waals surface area (Å²) < 4.78 is 0. The third-order valence-corrected chi connectivity index (χ3v) is 3.36. The van der Waals surface area contributed by atoms with E-state index in [2.05, 4.69) is 49.1 Å². The zero-order chi connectivity index (χ0) is 15.6. The normalized spacial score (nSPS) is 9.29. The molecule has 0 unspecified atom stereocenters. The molecule has 0 aliphatic heterocycles. The maximum atomic E-state index is 3.26. The van der Waals surface area contributed by atoms with Gasteiger partial charge in [-0.25, -0.2) is 0 Å².